The molecule has 1 heterocycles. The van der Waals surface area contributed by atoms with Crippen molar-refractivity contribution in [1.82, 2.24) is 0 Å². The molecule has 0 spiro atoms. The van der Waals surface area contributed by atoms with Gasteiger partial charge in [0.2, 0.25) is 0 Å². The third kappa shape index (κ3) is 2.91. The predicted molar refractivity (Wildman–Crippen MR) is 68.6 cm³/mol. The highest BCUT2D eigenvalue weighted by Crippen LogP contribution is 2.21. The Morgan fingerprint density at radius 3 is 2.67 bits per heavy atom. The topological polar surface area (TPSA) is 53.7 Å². The molecule has 0 unspecified atom stereocenters. The number of hydrogen-bond acceptors (Lipinski definition) is 3. The molecule has 94 valence electrons. The van der Waals surface area contributed by atoms with Gasteiger partial charge in [0.05, 0.1) is 12.8 Å². The number of hydrogen-bond donors (Lipinski definition) is 1. The second kappa shape index (κ2) is 5.40. The van der Waals surface area contributed by atoms with Crippen molar-refractivity contribution in [3.8, 4) is 0 Å². The summed E-state index contributed by atoms with van der Waals surface area (Å²) >= 11 is 0. The summed E-state index contributed by atoms with van der Waals surface area (Å²) in [6.45, 7) is 2.36. The summed E-state index contributed by atoms with van der Waals surface area (Å²) in [5, 5.41) is 8.99. The molecule has 1 N–H and O–H groups in total. The van der Waals surface area contributed by atoms with E-state index in [-0.39, 0.29) is 6.54 Å². The Labute approximate surface area is 105 Å². The van der Waals surface area contributed by atoms with Crippen LogP contribution in [0.2, 0.25) is 0 Å². The molecule has 1 aromatic heterocycles. The first-order valence-corrected chi connectivity index (χ1v) is 5.71. The van der Waals surface area contributed by atoms with Gasteiger partial charge in [0, 0.05) is 5.69 Å². The van der Waals surface area contributed by atoms with Crippen LogP contribution < -0.4 is 4.90 Å². The molecule has 0 saturated carbocycles. The van der Waals surface area contributed by atoms with Crippen LogP contribution in [-0.2, 0) is 11.3 Å². The number of benzene rings is 1. The van der Waals surface area contributed by atoms with Gasteiger partial charge in [-0.05, 0) is 30.7 Å². The molecule has 0 aliphatic rings. The van der Waals surface area contributed by atoms with Gasteiger partial charge in [0.1, 0.15) is 12.3 Å². The molecule has 2 aromatic rings. The number of furan rings is 1. The van der Waals surface area contributed by atoms with Crippen molar-refractivity contribution < 1.29 is 14.3 Å². The van der Waals surface area contributed by atoms with Gasteiger partial charge in [-0.15, -0.1) is 0 Å². The van der Waals surface area contributed by atoms with Crippen molar-refractivity contribution in [2.24, 2.45) is 0 Å². The molecule has 2 rings (SSSR count). The molecule has 0 fully saturated rings. The van der Waals surface area contributed by atoms with Gasteiger partial charge in [-0.2, -0.15) is 0 Å². The van der Waals surface area contributed by atoms with Crippen LogP contribution in [0.25, 0.3) is 0 Å². The Hall–Kier alpha value is -2.23. The van der Waals surface area contributed by atoms with Crippen LogP contribution in [-0.4, -0.2) is 17.6 Å². The van der Waals surface area contributed by atoms with E-state index in [1.54, 1.807) is 17.2 Å². The van der Waals surface area contributed by atoms with Gasteiger partial charge in [0.15, 0.2) is 0 Å². The minimum absolute atomic E-state index is 0.0500. The summed E-state index contributed by atoms with van der Waals surface area (Å²) in [6, 6.07) is 11.4. The van der Waals surface area contributed by atoms with E-state index < -0.39 is 5.97 Å². The number of nitrogens with zero attached hydrogens (tertiary/aromatic N) is 1. The van der Waals surface area contributed by atoms with Crippen LogP contribution in [0.15, 0.2) is 47.1 Å². The lowest BCUT2D eigenvalue weighted by Crippen LogP contribution is -2.29. The fourth-order valence-electron chi connectivity index (χ4n) is 1.90. The van der Waals surface area contributed by atoms with Gasteiger partial charge in [-0.3, -0.25) is 4.79 Å². The lowest BCUT2D eigenvalue weighted by molar-refractivity contribution is -0.135. The average molecular weight is 245 g/mol. The summed E-state index contributed by atoms with van der Waals surface area (Å²) in [7, 11) is 0. The summed E-state index contributed by atoms with van der Waals surface area (Å²) in [4.78, 5) is 12.7. The van der Waals surface area contributed by atoms with Crippen molar-refractivity contribution in [1.29, 1.82) is 0 Å². The molecule has 1 aromatic carbocycles. The zero-order valence-corrected chi connectivity index (χ0v) is 10.2. The molecular weight excluding hydrogens is 230 g/mol. The van der Waals surface area contributed by atoms with Crippen molar-refractivity contribution >= 4 is 11.7 Å². The molecule has 0 radical (unpaired) electrons. The van der Waals surface area contributed by atoms with E-state index in [2.05, 4.69) is 0 Å². The molecular formula is C14H15NO3. The number of para-hydroxylation sites is 1. The monoisotopic (exact) mass is 245 g/mol. The standard InChI is InChI=1S/C14H15NO3/c1-11-5-2-3-7-13(11)15(10-14(16)17)9-12-6-4-8-18-12/h2-8H,9-10H2,1H3,(H,16,17). The molecule has 4 heteroatoms. The zero-order chi connectivity index (χ0) is 13.0. The Morgan fingerprint density at radius 2 is 2.06 bits per heavy atom. The van der Waals surface area contributed by atoms with Gasteiger partial charge >= 0.3 is 5.97 Å². The minimum Gasteiger partial charge on any atom is -0.480 e. The molecule has 0 atom stereocenters. The Bertz CT molecular complexity index is 520. The van der Waals surface area contributed by atoms with Crippen LogP contribution in [0.1, 0.15) is 11.3 Å². The van der Waals surface area contributed by atoms with Crippen LogP contribution in [0.3, 0.4) is 0 Å². The van der Waals surface area contributed by atoms with E-state index in [1.807, 2.05) is 37.3 Å². The summed E-state index contributed by atoms with van der Waals surface area (Å²) in [6.07, 6.45) is 1.59. The number of carboxylic acid groups (broad SMARTS) is 1. The number of carboxylic acids is 1. The van der Waals surface area contributed by atoms with Crippen molar-refractivity contribution in [2.75, 3.05) is 11.4 Å². The van der Waals surface area contributed by atoms with E-state index in [9.17, 15) is 4.79 Å². The van der Waals surface area contributed by atoms with E-state index in [0.717, 1.165) is 17.0 Å². The first-order valence-electron chi connectivity index (χ1n) is 5.71. The lowest BCUT2D eigenvalue weighted by atomic mass is 10.1. The highest BCUT2D eigenvalue weighted by atomic mass is 16.4. The van der Waals surface area contributed by atoms with Crippen molar-refractivity contribution in [3.63, 3.8) is 0 Å². The maximum atomic E-state index is 11.0. The largest absolute Gasteiger partial charge is 0.480 e. The highest BCUT2D eigenvalue weighted by molar-refractivity contribution is 5.74. The predicted octanol–water partition coefficient (Wildman–Crippen LogP) is 2.68. The summed E-state index contributed by atoms with van der Waals surface area (Å²) < 4.78 is 5.27. The van der Waals surface area contributed by atoms with E-state index in [0.29, 0.717) is 6.54 Å². The highest BCUT2D eigenvalue weighted by Gasteiger charge is 2.14. The molecule has 4 nitrogen and oxygen atoms in total. The van der Waals surface area contributed by atoms with Crippen LogP contribution in [0.5, 0.6) is 0 Å². The molecule has 0 aliphatic carbocycles. The molecule has 18 heavy (non-hydrogen) atoms. The van der Waals surface area contributed by atoms with Gasteiger partial charge in [-0.25, -0.2) is 0 Å². The number of rotatable bonds is 5. The third-order valence-corrected chi connectivity index (χ3v) is 2.71. The molecule has 0 amide bonds. The number of anilines is 1. The molecule has 0 bridgehead atoms. The smallest absolute Gasteiger partial charge is 0.323 e. The van der Waals surface area contributed by atoms with Gasteiger partial charge < -0.3 is 14.4 Å². The first-order chi connectivity index (χ1) is 8.66. The van der Waals surface area contributed by atoms with Crippen molar-refractivity contribution in [2.45, 2.75) is 13.5 Å². The summed E-state index contributed by atoms with van der Waals surface area (Å²) in [5.74, 6) is -0.107. The second-order valence-electron chi connectivity index (χ2n) is 4.12. The lowest BCUT2D eigenvalue weighted by Gasteiger charge is -2.23. The molecule has 0 aliphatic heterocycles. The van der Waals surface area contributed by atoms with E-state index in [4.69, 9.17) is 9.52 Å². The quantitative estimate of drug-likeness (QED) is 0.879. The normalized spacial score (nSPS) is 10.3. The third-order valence-electron chi connectivity index (χ3n) is 2.71. The summed E-state index contributed by atoms with van der Waals surface area (Å²) in [5.41, 5.74) is 1.96. The maximum Gasteiger partial charge on any atom is 0.323 e. The number of aryl methyl sites for hydroxylation is 1. The van der Waals surface area contributed by atoms with Crippen LogP contribution >= 0.6 is 0 Å². The van der Waals surface area contributed by atoms with Gasteiger partial charge in [0.25, 0.3) is 0 Å². The number of carbonyl (C=O) groups is 1. The molecule has 0 saturated heterocycles. The van der Waals surface area contributed by atoms with Crippen LogP contribution in [0, 0.1) is 6.92 Å². The number of aliphatic carboxylic acids is 1. The fraction of sp³-hybridized carbons (Fsp3) is 0.214. The Morgan fingerprint density at radius 1 is 1.28 bits per heavy atom. The van der Waals surface area contributed by atoms with Gasteiger partial charge in [-0.1, -0.05) is 18.2 Å². The first kappa shape index (κ1) is 12.2. The Balaban J connectivity index is 2.25. The van der Waals surface area contributed by atoms with E-state index >= 15 is 0 Å². The minimum atomic E-state index is -0.857. The zero-order valence-electron chi connectivity index (χ0n) is 10.2. The SMILES string of the molecule is Cc1ccccc1N(CC(=O)O)Cc1ccco1. The second-order valence-corrected chi connectivity index (χ2v) is 4.12. The van der Waals surface area contributed by atoms with Crippen LogP contribution in [0.4, 0.5) is 5.69 Å². The average Bonchev–Trinajstić information content (AvgIpc) is 2.81. The van der Waals surface area contributed by atoms with Crippen molar-refractivity contribution in [3.05, 3.63) is 54.0 Å². The van der Waals surface area contributed by atoms with E-state index in [1.165, 1.54) is 0 Å². The fourth-order valence-corrected chi connectivity index (χ4v) is 1.90. The Kier molecular flexibility index (Phi) is 3.67. The maximum absolute atomic E-state index is 11.0.